The molecule has 1 fully saturated rings. The summed E-state index contributed by atoms with van der Waals surface area (Å²) < 4.78 is 0. The summed E-state index contributed by atoms with van der Waals surface area (Å²) in [7, 11) is 0. The molecule has 0 aromatic carbocycles. The van der Waals surface area contributed by atoms with Crippen LogP contribution in [0.4, 0.5) is 0 Å². The lowest BCUT2D eigenvalue weighted by Gasteiger charge is -2.33. The molecule has 0 saturated heterocycles. The largest absolute Gasteiger partial charge is 0.239 e. The van der Waals surface area contributed by atoms with Crippen LogP contribution in [-0.4, -0.2) is 9.97 Å². The quantitative estimate of drug-likeness (QED) is 0.668. The minimum atomic E-state index is -0.438. The molecule has 22 heavy (non-hydrogen) atoms. The Labute approximate surface area is 135 Å². The van der Waals surface area contributed by atoms with E-state index in [0.29, 0.717) is 0 Å². The second-order valence-electron chi connectivity index (χ2n) is 6.80. The zero-order valence-corrected chi connectivity index (χ0v) is 14.1. The van der Waals surface area contributed by atoms with Crippen LogP contribution in [0.3, 0.4) is 0 Å². The molecule has 0 N–H and O–H groups in total. The van der Waals surface area contributed by atoms with Crippen LogP contribution in [0.2, 0.25) is 0 Å². The third-order valence-electron chi connectivity index (χ3n) is 5.07. The molecule has 1 aromatic rings. The van der Waals surface area contributed by atoms with E-state index in [1.807, 2.05) is 12.4 Å². The van der Waals surface area contributed by atoms with Crippen molar-refractivity contribution < 1.29 is 0 Å². The van der Waals surface area contributed by atoms with Crippen LogP contribution in [-0.2, 0) is 11.8 Å². The van der Waals surface area contributed by atoms with Gasteiger partial charge in [-0.1, -0.05) is 39.5 Å². The third kappa shape index (κ3) is 4.06. The first-order chi connectivity index (χ1) is 10.7. The standard InChI is InChI=1S/C19H29N3/c1-3-5-6-8-17-13-21-18(22-14-17)19(15-20)11-9-16(7-4-2)10-12-19/h13-14,16H,3-12H2,1-2H3/t16-,19+. The van der Waals surface area contributed by atoms with Crippen LogP contribution < -0.4 is 0 Å². The second kappa shape index (κ2) is 8.27. The van der Waals surface area contributed by atoms with Gasteiger partial charge in [0.15, 0.2) is 0 Å². The second-order valence-corrected chi connectivity index (χ2v) is 6.80. The normalized spacial score (nSPS) is 24.9. The highest BCUT2D eigenvalue weighted by molar-refractivity contribution is 5.22. The Morgan fingerprint density at radius 1 is 1.14 bits per heavy atom. The fourth-order valence-corrected chi connectivity index (χ4v) is 3.56. The van der Waals surface area contributed by atoms with Crippen molar-refractivity contribution in [1.82, 2.24) is 9.97 Å². The lowest BCUT2D eigenvalue weighted by atomic mass is 9.70. The number of rotatable bonds is 7. The molecule has 0 radical (unpaired) electrons. The first-order valence-corrected chi connectivity index (χ1v) is 8.96. The van der Waals surface area contributed by atoms with E-state index in [9.17, 15) is 5.26 Å². The van der Waals surface area contributed by atoms with Gasteiger partial charge in [0.05, 0.1) is 6.07 Å². The molecule has 120 valence electrons. The first kappa shape index (κ1) is 16.9. The molecule has 0 bridgehead atoms. The lowest BCUT2D eigenvalue weighted by molar-refractivity contribution is 0.257. The van der Waals surface area contributed by atoms with E-state index in [1.165, 1.54) is 37.7 Å². The average molecular weight is 299 g/mol. The zero-order valence-electron chi connectivity index (χ0n) is 14.1. The summed E-state index contributed by atoms with van der Waals surface area (Å²) >= 11 is 0. The summed E-state index contributed by atoms with van der Waals surface area (Å²) in [5.41, 5.74) is 0.761. The van der Waals surface area contributed by atoms with Crippen LogP contribution in [0, 0.1) is 17.2 Å². The molecule has 1 aromatic heterocycles. The minimum Gasteiger partial charge on any atom is -0.239 e. The van der Waals surface area contributed by atoms with Gasteiger partial charge in [-0.25, -0.2) is 9.97 Å². The number of hydrogen-bond donors (Lipinski definition) is 0. The van der Waals surface area contributed by atoms with Gasteiger partial charge in [-0.15, -0.1) is 0 Å². The molecule has 1 saturated carbocycles. The highest BCUT2D eigenvalue weighted by atomic mass is 14.9. The Balaban J connectivity index is 2.01. The predicted molar refractivity (Wildman–Crippen MR) is 89.4 cm³/mol. The molecule has 1 heterocycles. The number of nitrogens with zero attached hydrogens (tertiary/aromatic N) is 3. The number of hydrogen-bond acceptors (Lipinski definition) is 3. The molecule has 0 atom stereocenters. The topological polar surface area (TPSA) is 49.6 Å². The Morgan fingerprint density at radius 2 is 1.82 bits per heavy atom. The molecular formula is C19H29N3. The molecule has 1 aliphatic carbocycles. The highest BCUT2D eigenvalue weighted by Gasteiger charge is 2.39. The van der Waals surface area contributed by atoms with Crippen LogP contribution >= 0.6 is 0 Å². The van der Waals surface area contributed by atoms with E-state index in [0.717, 1.165) is 43.8 Å². The summed E-state index contributed by atoms with van der Waals surface area (Å²) in [6.45, 7) is 4.46. The fraction of sp³-hybridized carbons (Fsp3) is 0.737. The van der Waals surface area contributed by atoms with Crippen molar-refractivity contribution in [2.75, 3.05) is 0 Å². The van der Waals surface area contributed by atoms with Crippen LogP contribution in [0.25, 0.3) is 0 Å². The van der Waals surface area contributed by atoms with E-state index in [-0.39, 0.29) is 0 Å². The molecule has 2 rings (SSSR count). The molecular weight excluding hydrogens is 270 g/mol. The Kier molecular flexibility index (Phi) is 6.36. The van der Waals surface area contributed by atoms with Gasteiger partial charge in [-0.3, -0.25) is 0 Å². The van der Waals surface area contributed by atoms with Crippen LogP contribution in [0.5, 0.6) is 0 Å². The van der Waals surface area contributed by atoms with Gasteiger partial charge in [-0.2, -0.15) is 5.26 Å². The molecule has 3 nitrogen and oxygen atoms in total. The van der Waals surface area contributed by atoms with Crippen molar-refractivity contribution >= 4 is 0 Å². The number of unbranched alkanes of at least 4 members (excludes halogenated alkanes) is 2. The fourth-order valence-electron chi connectivity index (χ4n) is 3.56. The number of nitriles is 1. The van der Waals surface area contributed by atoms with Crippen molar-refractivity contribution in [3.63, 3.8) is 0 Å². The maximum absolute atomic E-state index is 9.72. The number of aromatic nitrogens is 2. The van der Waals surface area contributed by atoms with Gasteiger partial charge in [0.25, 0.3) is 0 Å². The van der Waals surface area contributed by atoms with Crippen LogP contribution in [0.1, 0.15) is 83.0 Å². The molecule has 1 aliphatic rings. The van der Waals surface area contributed by atoms with E-state index >= 15 is 0 Å². The first-order valence-electron chi connectivity index (χ1n) is 8.96. The van der Waals surface area contributed by atoms with Crippen molar-refractivity contribution in [3.8, 4) is 6.07 Å². The maximum atomic E-state index is 9.72. The van der Waals surface area contributed by atoms with Gasteiger partial charge in [0.1, 0.15) is 11.2 Å². The van der Waals surface area contributed by atoms with Gasteiger partial charge in [-0.05, 0) is 50.0 Å². The SMILES string of the molecule is CCCCCc1cnc([C@]2(C#N)CC[C@H](CCC)CC2)nc1. The smallest absolute Gasteiger partial charge is 0.148 e. The van der Waals surface area contributed by atoms with Crippen molar-refractivity contribution in [2.45, 2.75) is 83.5 Å². The van der Waals surface area contributed by atoms with E-state index < -0.39 is 5.41 Å². The Morgan fingerprint density at radius 3 is 2.36 bits per heavy atom. The summed E-state index contributed by atoms with van der Waals surface area (Å²) in [4.78, 5) is 9.12. The average Bonchev–Trinajstić information content (AvgIpc) is 2.57. The highest BCUT2D eigenvalue weighted by Crippen LogP contribution is 2.41. The summed E-state index contributed by atoms with van der Waals surface area (Å²) in [6, 6.07) is 2.54. The molecule has 0 aliphatic heterocycles. The van der Waals surface area contributed by atoms with E-state index in [2.05, 4.69) is 29.9 Å². The van der Waals surface area contributed by atoms with E-state index in [4.69, 9.17) is 0 Å². The lowest BCUT2D eigenvalue weighted by Crippen LogP contribution is -2.32. The summed E-state index contributed by atoms with van der Waals surface area (Å²) in [6.07, 6.45) is 15.3. The summed E-state index contributed by atoms with van der Waals surface area (Å²) in [5.74, 6) is 1.55. The monoisotopic (exact) mass is 299 g/mol. The van der Waals surface area contributed by atoms with Crippen molar-refractivity contribution in [2.24, 2.45) is 5.92 Å². The number of aryl methyl sites for hydroxylation is 1. The van der Waals surface area contributed by atoms with Gasteiger partial charge >= 0.3 is 0 Å². The third-order valence-corrected chi connectivity index (χ3v) is 5.07. The predicted octanol–water partition coefficient (Wildman–Crippen LogP) is 4.96. The van der Waals surface area contributed by atoms with Gasteiger partial charge < -0.3 is 0 Å². The Bertz CT molecular complexity index is 478. The summed E-state index contributed by atoms with van der Waals surface area (Å²) in [5, 5.41) is 9.72. The van der Waals surface area contributed by atoms with E-state index in [1.54, 1.807) is 0 Å². The molecule has 0 unspecified atom stereocenters. The minimum absolute atomic E-state index is 0.438. The molecule has 0 amide bonds. The van der Waals surface area contributed by atoms with Crippen molar-refractivity contribution in [3.05, 3.63) is 23.8 Å². The molecule has 0 spiro atoms. The van der Waals surface area contributed by atoms with Gasteiger partial charge in [0.2, 0.25) is 0 Å². The van der Waals surface area contributed by atoms with Crippen LogP contribution in [0.15, 0.2) is 12.4 Å². The molecule has 3 heteroatoms. The van der Waals surface area contributed by atoms with Gasteiger partial charge in [0, 0.05) is 12.4 Å². The Hall–Kier alpha value is -1.43. The zero-order chi connectivity index (χ0) is 15.8. The maximum Gasteiger partial charge on any atom is 0.148 e. The van der Waals surface area contributed by atoms with Crippen molar-refractivity contribution in [1.29, 1.82) is 5.26 Å².